The number of anilines is 1. The topological polar surface area (TPSA) is 66.4 Å². The van der Waals surface area contributed by atoms with Gasteiger partial charge < -0.3 is 10.4 Å². The molecule has 2 unspecified atom stereocenters. The van der Waals surface area contributed by atoms with Crippen LogP contribution in [0.5, 0.6) is 0 Å². The van der Waals surface area contributed by atoms with Gasteiger partial charge in [-0.2, -0.15) is 0 Å². The minimum atomic E-state index is -0.955. The Morgan fingerprint density at radius 3 is 2.14 bits per heavy atom. The molecule has 0 radical (unpaired) electrons. The first kappa shape index (κ1) is 18.4. The van der Waals surface area contributed by atoms with E-state index in [1.807, 2.05) is 0 Å². The maximum absolute atomic E-state index is 13.5. The molecular weight excluding hydrogens is 362 g/mol. The molecule has 4 bridgehead atoms. The van der Waals surface area contributed by atoms with Gasteiger partial charge in [0.2, 0.25) is 5.91 Å². The highest BCUT2D eigenvalue weighted by Crippen LogP contribution is 2.66. The fourth-order valence-corrected chi connectivity index (χ4v) is 6.73. The molecule has 4 fully saturated rings. The van der Waals surface area contributed by atoms with Gasteiger partial charge >= 0.3 is 5.97 Å². The van der Waals surface area contributed by atoms with Crippen LogP contribution in [0.3, 0.4) is 0 Å². The highest BCUT2D eigenvalue weighted by molar-refractivity contribution is 5.96. The van der Waals surface area contributed by atoms with E-state index in [9.17, 15) is 9.59 Å². The average Bonchev–Trinajstić information content (AvgIpc) is 2.68. The Morgan fingerprint density at radius 2 is 1.55 bits per heavy atom. The molecule has 1 amide bonds. The fourth-order valence-electron chi connectivity index (χ4n) is 6.73. The summed E-state index contributed by atoms with van der Waals surface area (Å²) in [4.78, 5) is 24.6. The summed E-state index contributed by atoms with van der Waals surface area (Å²) >= 11 is 0. The van der Waals surface area contributed by atoms with Crippen LogP contribution >= 0.6 is 0 Å². The van der Waals surface area contributed by atoms with Gasteiger partial charge in [-0.05, 0) is 92.5 Å². The number of carbonyl (C=O) groups excluding carboxylic acids is 1. The number of hydrogen-bond acceptors (Lipinski definition) is 2. The van der Waals surface area contributed by atoms with Crippen LogP contribution in [0.15, 0.2) is 48.5 Å². The largest absolute Gasteiger partial charge is 0.478 e. The predicted molar refractivity (Wildman–Crippen MR) is 112 cm³/mol. The smallest absolute Gasteiger partial charge is 0.335 e. The molecule has 0 heterocycles. The lowest BCUT2D eigenvalue weighted by Gasteiger charge is -2.61. The van der Waals surface area contributed by atoms with Crippen LogP contribution in [0, 0.1) is 24.2 Å². The van der Waals surface area contributed by atoms with Crippen molar-refractivity contribution < 1.29 is 14.7 Å². The van der Waals surface area contributed by atoms with Gasteiger partial charge in [-0.3, -0.25) is 4.79 Å². The zero-order valence-corrected chi connectivity index (χ0v) is 16.8. The summed E-state index contributed by atoms with van der Waals surface area (Å²) in [5, 5.41) is 12.2. The normalized spacial score (nSPS) is 32.2. The molecule has 4 nitrogen and oxygen atoms in total. The van der Waals surface area contributed by atoms with Gasteiger partial charge in [0.1, 0.15) is 0 Å². The molecule has 4 atom stereocenters. The molecule has 2 aromatic rings. The minimum Gasteiger partial charge on any atom is -0.478 e. The van der Waals surface area contributed by atoms with Gasteiger partial charge in [0.25, 0.3) is 0 Å². The van der Waals surface area contributed by atoms with Gasteiger partial charge in [-0.25, -0.2) is 4.79 Å². The number of rotatable bonds is 4. The van der Waals surface area contributed by atoms with Gasteiger partial charge in [0, 0.05) is 5.69 Å². The lowest BCUT2D eigenvalue weighted by molar-refractivity contribution is -0.143. The predicted octanol–water partition coefficient (Wildman–Crippen LogP) is 5.17. The van der Waals surface area contributed by atoms with Crippen molar-refractivity contribution in [3.63, 3.8) is 0 Å². The number of benzene rings is 2. The SMILES string of the molecule is Cc1ccc(C23C[C@@H]4C[C@@H](CC(C(=O)Nc5ccc(C(=O)O)cc5)(C4)C2)C3)cc1. The Kier molecular flexibility index (Phi) is 4.09. The Hall–Kier alpha value is -2.62. The number of carbonyl (C=O) groups is 2. The van der Waals surface area contributed by atoms with E-state index in [0.29, 0.717) is 17.5 Å². The van der Waals surface area contributed by atoms with Crippen molar-refractivity contribution in [3.8, 4) is 0 Å². The Labute approximate surface area is 171 Å². The molecule has 4 heteroatoms. The number of aromatic carboxylic acids is 1. The number of aryl methyl sites for hydroxylation is 1. The second-order valence-electron chi connectivity index (χ2n) is 9.72. The monoisotopic (exact) mass is 389 g/mol. The molecule has 6 rings (SSSR count). The number of amides is 1. The lowest BCUT2D eigenvalue weighted by atomic mass is 9.42. The molecule has 4 aliphatic carbocycles. The molecule has 150 valence electrons. The number of nitrogens with one attached hydrogen (secondary N) is 1. The van der Waals surface area contributed by atoms with Gasteiger partial charge in [-0.15, -0.1) is 0 Å². The quantitative estimate of drug-likeness (QED) is 0.758. The zero-order valence-electron chi connectivity index (χ0n) is 16.8. The summed E-state index contributed by atoms with van der Waals surface area (Å²) in [5.74, 6) is 0.408. The second-order valence-corrected chi connectivity index (χ2v) is 9.72. The van der Waals surface area contributed by atoms with E-state index in [2.05, 4.69) is 36.5 Å². The first-order chi connectivity index (χ1) is 13.9. The van der Waals surface area contributed by atoms with E-state index >= 15 is 0 Å². The fraction of sp³-hybridized carbons (Fsp3) is 0.440. The summed E-state index contributed by atoms with van der Waals surface area (Å²) < 4.78 is 0. The molecule has 4 saturated carbocycles. The Morgan fingerprint density at radius 1 is 0.931 bits per heavy atom. The highest BCUT2D eigenvalue weighted by atomic mass is 16.4. The molecule has 0 spiro atoms. The van der Waals surface area contributed by atoms with Crippen LogP contribution in [-0.4, -0.2) is 17.0 Å². The van der Waals surface area contributed by atoms with Crippen LogP contribution in [0.4, 0.5) is 5.69 Å². The molecule has 29 heavy (non-hydrogen) atoms. The van der Waals surface area contributed by atoms with E-state index in [-0.39, 0.29) is 22.3 Å². The highest BCUT2D eigenvalue weighted by Gasteiger charge is 2.60. The minimum absolute atomic E-state index is 0.117. The standard InChI is InChI=1S/C25H27NO3/c1-16-2-6-20(7-3-16)24-11-17-10-18(12-24)14-25(13-17,15-24)23(29)26-21-8-4-19(5-9-21)22(27)28/h2-9,17-18H,10-15H2,1H3,(H,26,29)(H,27,28)/t17-,18+,24?,25?. The Bertz CT molecular complexity index is 947. The summed E-state index contributed by atoms with van der Waals surface area (Å²) in [6.07, 6.45) is 6.56. The maximum atomic E-state index is 13.5. The number of carboxylic acid groups (broad SMARTS) is 1. The van der Waals surface area contributed by atoms with Crippen molar-refractivity contribution in [3.05, 3.63) is 65.2 Å². The van der Waals surface area contributed by atoms with E-state index < -0.39 is 5.97 Å². The van der Waals surface area contributed by atoms with E-state index in [1.165, 1.54) is 30.4 Å². The van der Waals surface area contributed by atoms with E-state index in [4.69, 9.17) is 5.11 Å². The summed E-state index contributed by atoms with van der Waals surface area (Å²) in [5.41, 5.74) is 3.41. The van der Waals surface area contributed by atoms with E-state index in [0.717, 1.165) is 19.3 Å². The first-order valence-corrected chi connectivity index (χ1v) is 10.6. The Balaban J connectivity index is 1.43. The van der Waals surface area contributed by atoms with Gasteiger partial charge in [-0.1, -0.05) is 29.8 Å². The molecular formula is C25H27NO3. The summed E-state index contributed by atoms with van der Waals surface area (Å²) in [7, 11) is 0. The molecule has 0 saturated heterocycles. The molecule has 2 N–H and O–H groups in total. The van der Waals surface area contributed by atoms with E-state index in [1.54, 1.807) is 24.3 Å². The van der Waals surface area contributed by atoms with Crippen LogP contribution in [0.2, 0.25) is 0 Å². The third-order valence-electron chi connectivity index (χ3n) is 7.60. The molecule has 2 aromatic carbocycles. The van der Waals surface area contributed by atoms with Crippen LogP contribution in [0.1, 0.15) is 60.0 Å². The molecule has 4 aliphatic rings. The summed E-state index contributed by atoms with van der Waals surface area (Å²) in [6.45, 7) is 2.12. The third kappa shape index (κ3) is 3.06. The molecule has 0 aromatic heterocycles. The zero-order chi connectivity index (χ0) is 20.2. The van der Waals surface area contributed by atoms with Crippen molar-refractivity contribution in [1.82, 2.24) is 0 Å². The third-order valence-corrected chi connectivity index (χ3v) is 7.60. The van der Waals surface area contributed by atoms with Crippen molar-refractivity contribution in [2.24, 2.45) is 17.3 Å². The maximum Gasteiger partial charge on any atom is 0.335 e. The number of carboxylic acids is 1. The number of hydrogen-bond donors (Lipinski definition) is 2. The van der Waals surface area contributed by atoms with Crippen molar-refractivity contribution >= 4 is 17.6 Å². The van der Waals surface area contributed by atoms with Crippen molar-refractivity contribution in [2.75, 3.05) is 5.32 Å². The van der Waals surface area contributed by atoms with Crippen LogP contribution < -0.4 is 5.32 Å². The first-order valence-electron chi connectivity index (χ1n) is 10.6. The van der Waals surface area contributed by atoms with Crippen LogP contribution in [-0.2, 0) is 10.2 Å². The molecule has 0 aliphatic heterocycles. The lowest BCUT2D eigenvalue weighted by Crippen LogP contribution is -2.57. The summed E-state index contributed by atoms with van der Waals surface area (Å²) in [6, 6.07) is 15.4. The van der Waals surface area contributed by atoms with Crippen molar-refractivity contribution in [1.29, 1.82) is 0 Å². The average molecular weight is 389 g/mol. The van der Waals surface area contributed by atoms with Gasteiger partial charge in [0.15, 0.2) is 0 Å². The van der Waals surface area contributed by atoms with Gasteiger partial charge in [0.05, 0.1) is 11.0 Å². The van der Waals surface area contributed by atoms with Crippen molar-refractivity contribution in [2.45, 2.75) is 50.9 Å². The second kappa shape index (κ2) is 6.45. The van der Waals surface area contributed by atoms with Crippen LogP contribution in [0.25, 0.3) is 0 Å².